The van der Waals surface area contributed by atoms with Crippen LogP contribution in [-0.4, -0.2) is 8.42 Å². The van der Waals surface area contributed by atoms with Gasteiger partial charge in [-0.1, -0.05) is 59.9 Å². The van der Waals surface area contributed by atoms with E-state index in [4.69, 9.17) is 4.74 Å². The highest BCUT2D eigenvalue weighted by atomic mass is 32.2. The number of aryl methyl sites for hydroxylation is 2. The Kier molecular flexibility index (Phi) is 5.52. The second kappa shape index (κ2) is 8.46. The number of fused-ring (bicyclic) bond motifs is 2. The van der Waals surface area contributed by atoms with Gasteiger partial charge in [0.2, 0.25) is 10.0 Å². The average molecular weight is 450 g/mol. The third-order valence-electron chi connectivity index (χ3n) is 5.69. The second-order valence-electron chi connectivity index (χ2n) is 7.78. The largest absolute Gasteiger partial charge is 0.447 e. The summed E-state index contributed by atoms with van der Waals surface area (Å²) >= 11 is 1.14. The first-order valence-corrected chi connectivity index (χ1v) is 12.7. The normalized spacial score (nSPS) is 13.8. The van der Waals surface area contributed by atoms with Crippen molar-refractivity contribution >= 4 is 32.1 Å². The van der Waals surface area contributed by atoms with Gasteiger partial charge in [0.15, 0.2) is 5.06 Å². The van der Waals surface area contributed by atoms with Crippen LogP contribution in [0.2, 0.25) is 0 Å². The SMILES string of the molecule is O=S(=O)(NCc1cccc2ccccc12)c1ccc(Oc2ccc3c(c2)CCCC3)s1. The van der Waals surface area contributed by atoms with Gasteiger partial charge < -0.3 is 4.74 Å². The fourth-order valence-electron chi connectivity index (χ4n) is 4.08. The first-order chi connectivity index (χ1) is 15.1. The maximum Gasteiger partial charge on any atom is 0.250 e. The summed E-state index contributed by atoms with van der Waals surface area (Å²) in [6.07, 6.45) is 4.65. The summed E-state index contributed by atoms with van der Waals surface area (Å²) < 4.78 is 34.6. The molecule has 158 valence electrons. The third-order valence-corrected chi connectivity index (χ3v) is 8.55. The van der Waals surface area contributed by atoms with Crippen LogP contribution in [-0.2, 0) is 29.4 Å². The molecule has 1 N–H and O–H groups in total. The molecule has 0 radical (unpaired) electrons. The summed E-state index contributed by atoms with van der Waals surface area (Å²) in [6.45, 7) is 0.239. The Bertz CT molecular complexity index is 1340. The number of hydrogen-bond donors (Lipinski definition) is 1. The highest BCUT2D eigenvalue weighted by Gasteiger charge is 2.18. The van der Waals surface area contributed by atoms with E-state index in [0.29, 0.717) is 5.06 Å². The summed E-state index contributed by atoms with van der Waals surface area (Å²) in [4.78, 5) is 0. The van der Waals surface area contributed by atoms with Gasteiger partial charge in [-0.3, -0.25) is 0 Å². The van der Waals surface area contributed by atoms with Crippen LogP contribution < -0.4 is 9.46 Å². The summed E-state index contributed by atoms with van der Waals surface area (Å²) in [5, 5.41) is 2.72. The molecule has 3 aromatic carbocycles. The minimum atomic E-state index is -3.62. The van der Waals surface area contributed by atoms with E-state index in [1.54, 1.807) is 12.1 Å². The molecule has 0 spiro atoms. The molecule has 1 heterocycles. The van der Waals surface area contributed by atoms with Gasteiger partial charge in [-0.2, -0.15) is 0 Å². The molecule has 1 aliphatic rings. The lowest BCUT2D eigenvalue weighted by atomic mass is 9.92. The number of benzene rings is 3. The first-order valence-electron chi connectivity index (χ1n) is 10.4. The van der Waals surface area contributed by atoms with E-state index in [0.717, 1.165) is 46.3 Å². The van der Waals surface area contributed by atoms with Gasteiger partial charge in [-0.15, -0.1) is 0 Å². The minimum absolute atomic E-state index is 0.239. The number of rotatable bonds is 6. The standard InChI is InChI=1S/C25H23NO3S2/c27-31(28,26-17-21-10-5-9-19-7-3-4-11-23(19)21)25-15-14-24(30-25)29-22-13-12-18-6-1-2-8-20(18)16-22/h3-5,7,9-16,26H,1-2,6,8,17H2. The van der Waals surface area contributed by atoms with E-state index in [-0.39, 0.29) is 10.8 Å². The minimum Gasteiger partial charge on any atom is -0.447 e. The molecule has 4 aromatic rings. The van der Waals surface area contributed by atoms with Crippen LogP contribution in [0, 0.1) is 0 Å². The van der Waals surface area contributed by atoms with Crippen LogP contribution in [0.15, 0.2) is 77.0 Å². The lowest BCUT2D eigenvalue weighted by molar-refractivity contribution is 0.494. The van der Waals surface area contributed by atoms with Gasteiger partial charge in [0.05, 0.1) is 0 Å². The zero-order valence-corrected chi connectivity index (χ0v) is 18.6. The number of sulfonamides is 1. The molecule has 6 heteroatoms. The topological polar surface area (TPSA) is 55.4 Å². The number of hydrogen-bond acceptors (Lipinski definition) is 4. The molecule has 1 aromatic heterocycles. The fourth-order valence-corrected chi connectivity index (χ4v) is 6.29. The molecule has 1 aliphatic carbocycles. The molecule has 0 amide bonds. The molecule has 0 unspecified atom stereocenters. The van der Waals surface area contributed by atoms with E-state index in [1.807, 2.05) is 48.5 Å². The molecular formula is C25H23NO3S2. The summed E-state index contributed by atoms with van der Waals surface area (Å²) in [7, 11) is -3.62. The van der Waals surface area contributed by atoms with Crippen molar-refractivity contribution in [2.75, 3.05) is 0 Å². The third kappa shape index (κ3) is 4.37. The molecule has 0 saturated heterocycles. The Morgan fingerprint density at radius 2 is 1.68 bits per heavy atom. The Hall–Kier alpha value is -2.67. The average Bonchev–Trinajstić information content (AvgIpc) is 3.27. The highest BCUT2D eigenvalue weighted by Crippen LogP contribution is 2.34. The molecular weight excluding hydrogens is 426 g/mol. The van der Waals surface area contributed by atoms with E-state index in [2.05, 4.69) is 16.9 Å². The fraction of sp³-hybridized carbons (Fsp3) is 0.200. The van der Waals surface area contributed by atoms with E-state index < -0.39 is 10.0 Å². The quantitative estimate of drug-likeness (QED) is 0.390. The number of nitrogens with one attached hydrogen (secondary N) is 1. The maximum atomic E-state index is 12.8. The smallest absolute Gasteiger partial charge is 0.250 e. The monoisotopic (exact) mass is 449 g/mol. The van der Waals surface area contributed by atoms with Gasteiger partial charge in [0, 0.05) is 6.54 Å². The van der Waals surface area contributed by atoms with Crippen molar-refractivity contribution in [1.29, 1.82) is 0 Å². The van der Waals surface area contributed by atoms with Crippen molar-refractivity contribution in [3.8, 4) is 10.8 Å². The number of thiophene rings is 1. The Balaban J connectivity index is 1.30. The zero-order chi connectivity index (χ0) is 21.3. The predicted molar refractivity (Wildman–Crippen MR) is 125 cm³/mol. The number of ether oxygens (including phenoxy) is 1. The van der Waals surface area contributed by atoms with E-state index in [1.165, 1.54) is 24.0 Å². The first kappa shape index (κ1) is 20.2. The summed E-state index contributed by atoms with van der Waals surface area (Å²) in [5.74, 6) is 0.759. The van der Waals surface area contributed by atoms with Gasteiger partial charge in [0.25, 0.3) is 0 Å². The summed E-state index contributed by atoms with van der Waals surface area (Å²) in [5.41, 5.74) is 3.68. The van der Waals surface area contributed by atoms with Crippen molar-refractivity contribution in [2.24, 2.45) is 0 Å². The lowest BCUT2D eigenvalue weighted by Crippen LogP contribution is -2.22. The molecule has 0 atom stereocenters. The van der Waals surface area contributed by atoms with Gasteiger partial charge >= 0.3 is 0 Å². The van der Waals surface area contributed by atoms with Gasteiger partial charge in [-0.05, 0) is 77.4 Å². The van der Waals surface area contributed by atoms with Crippen LogP contribution in [0.4, 0.5) is 0 Å². The molecule has 31 heavy (non-hydrogen) atoms. The van der Waals surface area contributed by atoms with E-state index >= 15 is 0 Å². The van der Waals surface area contributed by atoms with Crippen LogP contribution in [0.5, 0.6) is 10.8 Å². The van der Waals surface area contributed by atoms with Crippen molar-refractivity contribution < 1.29 is 13.2 Å². The molecule has 0 bridgehead atoms. The maximum absolute atomic E-state index is 12.8. The van der Waals surface area contributed by atoms with Crippen LogP contribution in [0.1, 0.15) is 29.5 Å². The Morgan fingerprint density at radius 3 is 2.58 bits per heavy atom. The highest BCUT2D eigenvalue weighted by molar-refractivity contribution is 7.91. The van der Waals surface area contributed by atoms with Crippen molar-refractivity contribution in [3.63, 3.8) is 0 Å². The zero-order valence-electron chi connectivity index (χ0n) is 17.0. The summed E-state index contributed by atoms with van der Waals surface area (Å²) in [6, 6.07) is 23.4. The van der Waals surface area contributed by atoms with Crippen LogP contribution in [0.25, 0.3) is 10.8 Å². The molecule has 5 rings (SSSR count). The second-order valence-corrected chi connectivity index (χ2v) is 10.8. The van der Waals surface area contributed by atoms with Gasteiger partial charge in [-0.25, -0.2) is 13.1 Å². The van der Waals surface area contributed by atoms with Crippen molar-refractivity contribution in [3.05, 3.63) is 89.5 Å². The molecule has 0 saturated carbocycles. The molecule has 0 fully saturated rings. The predicted octanol–water partition coefficient (Wildman–Crippen LogP) is 6.05. The van der Waals surface area contributed by atoms with Crippen LogP contribution >= 0.6 is 11.3 Å². The lowest BCUT2D eigenvalue weighted by Gasteiger charge is -2.16. The van der Waals surface area contributed by atoms with Gasteiger partial charge in [0.1, 0.15) is 9.96 Å². The Morgan fingerprint density at radius 1 is 0.871 bits per heavy atom. The van der Waals surface area contributed by atoms with Crippen LogP contribution in [0.3, 0.4) is 0 Å². The van der Waals surface area contributed by atoms with E-state index in [9.17, 15) is 8.42 Å². The van der Waals surface area contributed by atoms with Crippen molar-refractivity contribution in [1.82, 2.24) is 4.72 Å². The Labute approximate surface area is 186 Å². The molecule has 0 aliphatic heterocycles. The van der Waals surface area contributed by atoms with Crippen molar-refractivity contribution in [2.45, 2.75) is 36.4 Å². The molecule has 4 nitrogen and oxygen atoms in total.